The number of urea groups is 1. The van der Waals surface area contributed by atoms with Crippen molar-refractivity contribution in [3.05, 3.63) is 28.7 Å². The minimum atomic E-state index is -0.625. The summed E-state index contributed by atoms with van der Waals surface area (Å²) in [6, 6.07) is 4.55. The Morgan fingerprint density at radius 1 is 1.25 bits per heavy atom. The number of amides is 2. The molecule has 2 amide bonds. The summed E-state index contributed by atoms with van der Waals surface area (Å²) < 4.78 is 3.06. The number of nitrogens with one attached hydrogen (secondary N) is 1. The second kappa shape index (κ2) is 3.41. The molecule has 1 aromatic heterocycles. The van der Waals surface area contributed by atoms with Gasteiger partial charge < -0.3 is 11.1 Å². The molecule has 0 unspecified atom stereocenters. The number of fused-ring (bicyclic) bond motifs is 1. The molecule has 2 aromatic rings. The first-order chi connectivity index (χ1) is 7.50. The lowest BCUT2D eigenvalue weighted by molar-refractivity contribution is 0.259. The first-order valence-electron chi connectivity index (χ1n) is 4.72. The smallest absolute Gasteiger partial charge is 0.328 e. The zero-order valence-corrected chi connectivity index (χ0v) is 9.02. The lowest BCUT2D eigenvalue weighted by atomic mass is 10.2. The molecule has 1 aromatic carbocycles. The van der Waals surface area contributed by atoms with E-state index in [1.807, 2.05) is 0 Å². The standard InChI is InChI=1S/C10H12N4O2/c1-13-7-4-3-6(12-9(11)15)5-8(7)14(2)10(13)16/h3-5H,1-2H3,(H3,11,12,15). The topological polar surface area (TPSA) is 82.1 Å². The monoisotopic (exact) mass is 220 g/mol. The number of nitrogens with zero attached hydrogens (tertiary/aromatic N) is 2. The summed E-state index contributed by atoms with van der Waals surface area (Å²) in [7, 11) is 3.38. The largest absolute Gasteiger partial charge is 0.351 e. The van der Waals surface area contributed by atoms with Gasteiger partial charge in [-0.15, -0.1) is 0 Å². The van der Waals surface area contributed by atoms with Crippen LogP contribution < -0.4 is 16.7 Å². The van der Waals surface area contributed by atoms with Crippen molar-refractivity contribution < 1.29 is 4.79 Å². The summed E-state index contributed by atoms with van der Waals surface area (Å²) in [5.74, 6) is 0. The predicted molar refractivity (Wildman–Crippen MR) is 61.4 cm³/mol. The summed E-state index contributed by atoms with van der Waals surface area (Å²) in [5.41, 5.74) is 7.04. The van der Waals surface area contributed by atoms with E-state index in [-0.39, 0.29) is 5.69 Å². The number of benzene rings is 1. The second-order valence-electron chi connectivity index (χ2n) is 3.59. The number of aryl methyl sites for hydroxylation is 2. The summed E-state index contributed by atoms with van der Waals surface area (Å²) >= 11 is 0. The van der Waals surface area contributed by atoms with E-state index in [0.29, 0.717) is 5.69 Å². The average Bonchev–Trinajstić information content (AvgIpc) is 2.43. The molecule has 3 N–H and O–H groups in total. The van der Waals surface area contributed by atoms with Crippen LogP contribution in [0.5, 0.6) is 0 Å². The van der Waals surface area contributed by atoms with Crippen molar-refractivity contribution in [2.45, 2.75) is 0 Å². The van der Waals surface area contributed by atoms with Gasteiger partial charge in [-0.25, -0.2) is 9.59 Å². The van der Waals surface area contributed by atoms with Gasteiger partial charge in [0.05, 0.1) is 11.0 Å². The summed E-state index contributed by atoms with van der Waals surface area (Å²) in [6.07, 6.45) is 0. The third-order valence-corrected chi connectivity index (χ3v) is 2.54. The van der Waals surface area contributed by atoms with Gasteiger partial charge in [-0.05, 0) is 18.2 Å². The zero-order chi connectivity index (χ0) is 11.9. The number of hydrogen-bond acceptors (Lipinski definition) is 2. The van der Waals surface area contributed by atoms with Crippen LogP contribution >= 0.6 is 0 Å². The number of carbonyl (C=O) groups is 1. The maximum Gasteiger partial charge on any atom is 0.328 e. The van der Waals surface area contributed by atoms with Gasteiger partial charge in [-0.3, -0.25) is 9.13 Å². The first kappa shape index (κ1) is 10.3. The van der Waals surface area contributed by atoms with Crippen LogP contribution in [0.4, 0.5) is 10.5 Å². The Labute approximate surface area is 91.3 Å². The normalized spacial score (nSPS) is 10.6. The fourth-order valence-electron chi connectivity index (χ4n) is 1.73. The van der Waals surface area contributed by atoms with E-state index in [1.165, 1.54) is 4.57 Å². The molecule has 84 valence electrons. The first-order valence-corrected chi connectivity index (χ1v) is 4.72. The van der Waals surface area contributed by atoms with Gasteiger partial charge in [-0.2, -0.15) is 0 Å². The fraction of sp³-hybridized carbons (Fsp3) is 0.200. The third-order valence-electron chi connectivity index (χ3n) is 2.54. The zero-order valence-electron chi connectivity index (χ0n) is 9.02. The molecule has 0 aliphatic heterocycles. The Morgan fingerprint density at radius 3 is 2.50 bits per heavy atom. The van der Waals surface area contributed by atoms with E-state index in [1.54, 1.807) is 36.9 Å². The Morgan fingerprint density at radius 2 is 1.88 bits per heavy atom. The van der Waals surface area contributed by atoms with Crippen LogP contribution in [0.3, 0.4) is 0 Å². The molecule has 2 rings (SSSR count). The number of rotatable bonds is 1. The highest BCUT2D eigenvalue weighted by Crippen LogP contribution is 2.17. The van der Waals surface area contributed by atoms with Gasteiger partial charge >= 0.3 is 11.7 Å². The van der Waals surface area contributed by atoms with Gasteiger partial charge in [0.15, 0.2) is 0 Å². The number of primary amides is 1. The van der Waals surface area contributed by atoms with Gasteiger partial charge in [0.1, 0.15) is 0 Å². The SMILES string of the molecule is Cn1c(=O)n(C)c2cc(NC(N)=O)ccc21. The maximum absolute atomic E-state index is 11.6. The van der Waals surface area contributed by atoms with Crippen LogP contribution in [0, 0.1) is 0 Å². The van der Waals surface area contributed by atoms with Crippen LogP contribution in [-0.4, -0.2) is 15.2 Å². The number of hydrogen-bond donors (Lipinski definition) is 2. The Kier molecular flexibility index (Phi) is 2.19. The highest BCUT2D eigenvalue weighted by molar-refractivity contribution is 5.91. The Hall–Kier alpha value is -2.24. The predicted octanol–water partition coefficient (Wildman–Crippen LogP) is 0.368. The fourth-order valence-corrected chi connectivity index (χ4v) is 1.73. The second-order valence-corrected chi connectivity index (χ2v) is 3.59. The van der Waals surface area contributed by atoms with Crippen molar-refractivity contribution in [2.24, 2.45) is 19.8 Å². The molecule has 0 fully saturated rings. The molecule has 0 bridgehead atoms. The van der Waals surface area contributed by atoms with Crippen molar-refractivity contribution in [1.82, 2.24) is 9.13 Å². The van der Waals surface area contributed by atoms with Crippen molar-refractivity contribution in [2.75, 3.05) is 5.32 Å². The summed E-state index contributed by atoms with van der Waals surface area (Å²) in [5, 5.41) is 2.47. The van der Waals surface area contributed by atoms with Gasteiger partial charge in [0.25, 0.3) is 0 Å². The van der Waals surface area contributed by atoms with Gasteiger partial charge in [0, 0.05) is 19.8 Å². The van der Waals surface area contributed by atoms with Crippen molar-refractivity contribution in [3.8, 4) is 0 Å². The number of imidazole rings is 1. The van der Waals surface area contributed by atoms with Crippen LogP contribution in [-0.2, 0) is 14.1 Å². The molecule has 16 heavy (non-hydrogen) atoms. The van der Waals surface area contributed by atoms with E-state index >= 15 is 0 Å². The molecule has 6 nitrogen and oxygen atoms in total. The lowest BCUT2D eigenvalue weighted by Crippen LogP contribution is -2.19. The lowest BCUT2D eigenvalue weighted by Gasteiger charge is -2.02. The van der Waals surface area contributed by atoms with Crippen molar-refractivity contribution >= 4 is 22.8 Å². The van der Waals surface area contributed by atoms with E-state index in [2.05, 4.69) is 5.32 Å². The molecule has 0 aliphatic carbocycles. The van der Waals surface area contributed by atoms with Crippen LogP contribution in [0.1, 0.15) is 0 Å². The third kappa shape index (κ3) is 1.44. The molecule has 0 saturated heterocycles. The molecular formula is C10H12N4O2. The number of nitrogens with two attached hydrogens (primary N) is 1. The highest BCUT2D eigenvalue weighted by Gasteiger charge is 2.08. The van der Waals surface area contributed by atoms with E-state index in [9.17, 15) is 9.59 Å². The Balaban J connectivity index is 2.67. The molecule has 0 spiro atoms. The quantitative estimate of drug-likeness (QED) is 0.727. The molecule has 1 heterocycles. The van der Waals surface area contributed by atoms with E-state index < -0.39 is 6.03 Å². The molecule has 0 aliphatic rings. The average molecular weight is 220 g/mol. The number of carbonyl (C=O) groups excluding carboxylic acids is 1. The number of anilines is 1. The summed E-state index contributed by atoms with van der Waals surface area (Å²) in [6.45, 7) is 0. The van der Waals surface area contributed by atoms with Gasteiger partial charge in [0.2, 0.25) is 0 Å². The van der Waals surface area contributed by atoms with Crippen molar-refractivity contribution in [1.29, 1.82) is 0 Å². The maximum atomic E-state index is 11.6. The Bertz CT molecular complexity index is 624. The molecule has 0 atom stereocenters. The minimum Gasteiger partial charge on any atom is -0.351 e. The minimum absolute atomic E-state index is 0.105. The number of aromatic nitrogens is 2. The molecule has 0 radical (unpaired) electrons. The van der Waals surface area contributed by atoms with E-state index in [0.717, 1.165) is 11.0 Å². The van der Waals surface area contributed by atoms with E-state index in [4.69, 9.17) is 5.73 Å². The van der Waals surface area contributed by atoms with Crippen LogP contribution in [0.2, 0.25) is 0 Å². The van der Waals surface area contributed by atoms with Crippen LogP contribution in [0.15, 0.2) is 23.0 Å². The van der Waals surface area contributed by atoms with Crippen molar-refractivity contribution in [3.63, 3.8) is 0 Å². The molecule has 0 saturated carbocycles. The van der Waals surface area contributed by atoms with Gasteiger partial charge in [-0.1, -0.05) is 0 Å². The molecule has 6 heteroatoms. The molecular weight excluding hydrogens is 208 g/mol. The summed E-state index contributed by atoms with van der Waals surface area (Å²) in [4.78, 5) is 22.3. The van der Waals surface area contributed by atoms with Crippen LogP contribution in [0.25, 0.3) is 11.0 Å². The highest BCUT2D eigenvalue weighted by atomic mass is 16.2.